The van der Waals surface area contributed by atoms with E-state index in [4.69, 9.17) is 37.8 Å². The normalized spacial score (nSPS) is 11.4. The standard InChI is InChI=1S/C29H20Cl2F5NO6/c1-28(2,43-14-24(39)40)8-7-15-3-5-21(25(31)26(15)33)37-23(38)13-42-22-6-4-18(30)12-20(22)27(41)16-9-17(29(34,35)36)11-19(32)10-16/h3-6,9-12H,13-14H2,1-2H3,(H,37,38)(H,39,40). The Hall–Kier alpha value is -4.18. The highest BCUT2D eigenvalue weighted by atomic mass is 35.5. The van der Waals surface area contributed by atoms with E-state index >= 15 is 0 Å². The summed E-state index contributed by atoms with van der Waals surface area (Å²) in [4.78, 5) is 36.2. The molecule has 0 atom stereocenters. The van der Waals surface area contributed by atoms with E-state index in [9.17, 15) is 36.3 Å². The molecule has 0 spiro atoms. The van der Waals surface area contributed by atoms with Gasteiger partial charge in [0, 0.05) is 10.6 Å². The number of halogens is 7. The number of carbonyl (C=O) groups excluding carboxylic acids is 2. The van der Waals surface area contributed by atoms with Gasteiger partial charge >= 0.3 is 12.1 Å². The second-order valence-corrected chi connectivity index (χ2v) is 10.1. The number of ether oxygens (including phenoxy) is 2. The van der Waals surface area contributed by atoms with Crippen LogP contribution in [0, 0.1) is 23.5 Å². The average Bonchev–Trinajstić information content (AvgIpc) is 2.92. The molecule has 3 aromatic carbocycles. The van der Waals surface area contributed by atoms with Crippen molar-refractivity contribution in [3.8, 4) is 17.6 Å². The van der Waals surface area contributed by atoms with Crippen LogP contribution in [0.25, 0.3) is 0 Å². The summed E-state index contributed by atoms with van der Waals surface area (Å²) in [5.41, 5.74) is -3.91. The molecule has 43 heavy (non-hydrogen) atoms. The van der Waals surface area contributed by atoms with E-state index in [1.54, 1.807) is 0 Å². The third-order valence-electron chi connectivity index (χ3n) is 5.44. The second-order valence-electron chi connectivity index (χ2n) is 9.26. The van der Waals surface area contributed by atoms with Crippen molar-refractivity contribution in [3.05, 3.63) is 92.5 Å². The lowest BCUT2D eigenvalue weighted by molar-refractivity contribution is -0.145. The summed E-state index contributed by atoms with van der Waals surface area (Å²) in [6.07, 6.45) is -4.92. The van der Waals surface area contributed by atoms with Crippen LogP contribution in [0.5, 0.6) is 5.75 Å². The molecule has 226 valence electrons. The van der Waals surface area contributed by atoms with Gasteiger partial charge in [0.05, 0.1) is 22.4 Å². The zero-order valence-corrected chi connectivity index (χ0v) is 23.7. The summed E-state index contributed by atoms with van der Waals surface area (Å²) in [5, 5.41) is 10.6. The molecule has 1 amide bonds. The highest BCUT2D eigenvalue weighted by Gasteiger charge is 2.32. The first-order valence-corrected chi connectivity index (χ1v) is 12.7. The number of carboxylic acid groups (broad SMARTS) is 1. The summed E-state index contributed by atoms with van der Waals surface area (Å²) in [7, 11) is 0. The Bertz CT molecular complexity index is 1650. The first kappa shape index (κ1) is 33.3. The van der Waals surface area contributed by atoms with Crippen molar-refractivity contribution in [1.29, 1.82) is 0 Å². The molecule has 0 radical (unpaired) electrons. The van der Waals surface area contributed by atoms with E-state index in [-0.39, 0.29) is 33.7 Å². The number of benzene rings is 3. The number of carboxylic acids is 1. The van der Waals surface area contributed by atoms with E-state index < -0.39 is 70.4 Å². The number of ketones is 1. The van der Waals surface area contributed by atoms with Crippen molar-refractivity contribution in [1.82, 2.24) is 0 Å². The fraction of sp³-hybridized carbons (Fsp3) is 0.207. The van der Waals surface area contributed by atoms with E-state index in [1.165, 1.54) is 38.1 Å². The lowest BCUT2D eigenvalue weighted by Crippen LogP contribution is -2.25. The molecule has 14 heteroatoms. The molecule has 7 nitrogen and oxygen atoms in total. The highest BCUT2D eigenvalue weighted by molar-refractivity contribution is 6.34. The minimum atomic E-state index is -4.92. The van der Waals surface area contributed by atoms with Gasteiger partial charge in [-0.1, -0.05) is 35.0 Å². The fourth-order valence-corrected chi connectivity index (χ4v) is 3.80. The van der Waals surface area contributed by atoms with Gasteiger partial charge in [-0.05, 0) is 62.4 Å². The van der Waals surface area contributed by atoms with Crippen LogP contribution in [0.15, 0.2) is 48.5 Å². The molecule has 0 aliphatic rings. The number of hydrogen-bond donors (Lipinski definition) is 2. The number of rotatable bonds is 9. The number of hydrogen-bond acceptors (Lipinski definition) is 5. The maximum Gasteiger partial charge on any atom is 0.416 e. The molecule has 2 N–H and O–H groups in total. The van der Waals surface area contributed by atoms with Crippen molar-refractivity contribution in [2.45, 2.75) is 25.6 Å². The van der Waals surface area contributed by atoms with Gasteiger partial charge in [-0.25, -0.2) is 13.6 Å². The maximum atomic E-state index is 14.8. The molecule has 0 aliphatic heterocycles. The van der Waals surface area contributed by atoms with Crippen LogP contribution < -0.4 is 10.1 Å². The van der Waals surface area contributed by atoms with Crippen LogP contribution in [-0.4, -0.2) is 41.6 Å². The van der Waals surface area contributed by atoms with Crippen LogP contribution in [0.2, 0.25) is 10.0 Å². The van der Waals surface area contributed by atoms with Gasteiger partial charge in [0.15, 0.2) is 18.2 Å². The molecule has 0 unspecified atom stereocenters. The zero-order chi connectivity index (χ0) is 32.1. The molecule has 3 rings (SSSR count). The Morgan fingerprint density at radius 1 is 0.977 bits per heavy atom. The second kappa shape index (κ2) is 13.4. The summed E-state index contributed by atoms with van der Waals surface area (Å²) >= 11 is 12.0. The summed E-state index contributed by atoms with van der Waals surface area (Å²) in [6.45, 7) is 1.59. The van der Waals surface area contributed by atoms with Crippen molar-refractivity contribution in [2.75, 3.05) is 18.5 Å². The minimum absolute atomic E-state index is 0.00915. The van der Waals surface area contributed by atoms with Gasteiger partial charge in [-0.3, -0.25) is 9.59 Å². The van der Waals surface area contributed by atoms with Gasteiger partial charge in [0.1, 0.15) is 28.8 Å². The van der Waals surface area contributed by atoms with Crippen molar-refractivity contribution in [3.63, 3.8) is 0 Å². The summed E-state index contributed by atoms with van der Waals surface area (Å²) < 4.78 is 78.6. The minimum Gasteiger partial charge on any atom is -0.483 e. The topological polar surface area (TPSA) is 102 Å². The van der Waals surface area contributed by atoms with Gasteiger partial charge in [-0.15, -0.1) is 0 Å². The Kier molecular flexibility index (Phi) is 10.4. The predicted molar refractivity (Wildman–Crippen MR) is 146 cm³/mol. The lowest BCUT2D eigenvalue weighted by Gasteiger charge is -2.17. The van der Waals surface area contributed by atoms with Crippen LogP contribution >= 0.6 is 23.2 Å². The SMILES string of the molecule is CC(C)(C#Cc1ccc(NC(=O)COc2ccc(Cl)cc2C(=O)c2cc(F)cc(C(F)(F)F)c2)c(Cl)c1F)OCC(=O)O. The third kappa shape index (κ3) is 9.15. The summed E-state index contributed by atoms with van der Waals surface area (Å²) in [5.74, 6) is -0.567. The van der Waals surface area contributed by atoms with E-state index in [2.05, 4.69) is 17.2 Å². The van der Waals surface area contributed by atoms with E-state index in [1.807, 2.05) is 0 Å². The smallest absolute Gasteiger partial charge is 0.416 e. The van der Waals surface area contributed by atoms with E-state index in [0.29, 0.717) is 12.1 Å². The fourth-order valence-electron chi connectivity index (χ4n) is 3.41. The number of alkyl halides is 3. The lowest BCUT2D eigenvalue weighted by atomic mass is 10.00. The molecule has 0 bridgehead atoms. The average molecular weight is 644 g/mol. The number of anilines is 1. The molecule has 0 fully saturated rings. The number of nitrogens with one attached hydrogen (secondary N) is 1. The van der Waals surface area contributed by atoms with Crippen molar-refractivity contribution >= 4 is 46.5 Å². The Balaban J connectivity index is 1.76. The first-order chi connectivity index (χ1) is 20.0. The molecule has 0 saturated heterocycles. The Morgan fingerprint density at radius 2 is 1.67 bits per heavy atom. The molecular formula is C29H20Cl2F5NO6. The third-order valence-corrected chi connectivity index (χ3v) is 6.05. The largest absolute Gasteiger partial charge is 0.483 e. The van der Waals surface area contributed by atoms with Gasteiger partial charge in [0.2, 0.25) is 0 Å². The van der Waals surface area contributed by atoms with Crippen LogP contribution in [-0.2, 0) is 20.5 Å². The summed E-state index contributed by atoms with van der Waals surface area (Å²) in [6, 6.07) is 7.34. The van der Waals surface area contributed by atoms with Crippen LogP contribution in [0.1, 0.15) is 40.9 Å². The molecule has 0 saturated carbocycles. The Morgan fingerprint density at radius 3 is 2.33 bits per heavy atom. The van der Waals surface area contributed by atoms with Gasteiger partial charge in [-0.2, -0.15) is 13.2 Å². The molecule has 3 aromatic rings. The Labute approximate surface area is 251 Å². The monoisotopic (exact) mass is 643 g/mol. The number of aliphatic carboxylic acids is 1. The quantitative estimate of drug-likeness (QED) is 0.152. The molecule has 0 aromatic heterocycles. The number of amides is 1. The van der Waals surface area contributed by atoms with Crippen LogP contribution in [0.4, 0.5) is 27.6 Å². The maximum absolute atomic E-state index is 14.8. The van der Waals surface area contributed by atoms with E-state index in [0.717, 1.165) is 6.07 Å². The van der Waals surface area contributed by atoms with Crippen molar-refractivity contribution in [2.24, 2.45) is 0 Å². The molecule has 0 heterocycles. The zero-order valence-electron chi connectivity index (χ0n) is 22.2. The van der Waals surface area contributed by atoms with Crippen molar-refractivity contribution < 1.29 is 50.9 Å². The number of carbonyl (C=O) groups is 3. The molecule has 0 aliphatic carbocycles. The van der Waals surface area contributed by atoms with Gasteiger partial charge < -0.3 is 19.9 Å². The van der Waals surface area contributed by atoms with Gasteiger partial charge in [0.25, 0.3) is 5.91 Å². The molecular weight excluding hydrogens is 624 g/mol. The van der Waals surface area contributed by atoms with Crippen LogP contribution in [0.3, 0.4) is 0 Å². The first-order valence-electron chi connectivity index (χ1n) is 12.0. The highest BCUT2D eigenvalue weighted by Crippen LogP contribution is 2.33. The predicted octanol–water partition coefficient (Wildman–Crippen LogP) is 6.77.